The Morgan fingerprint density at radius 1 is 1.33 bits per heavy atom. The minimum Gasteiger partial charge on any atom is -0.289 e. The molecule has 2 aromatic rings. The highest BCUT2D eigenvalue weighted by Gasteiger charge is 2.02. The fraction of sp³-hybridized carbons (Fsp3) is 0.143. The molecule has 0 fully saturated rings. The van der Waals surface area contributed by atoms with Gasteiger partial charge >= 0.3 is 0 Å². The summed E-state index contributed by atoms with van der Waals surface area (Å²) < 4.78 is 2.71. The highest BCUT2D eigenvalue weighted by atomic mass is 79.9. The number of benzene rings is 1. The topological polar surface area (TPSA) is 34.9 Å². The Morgan fingerprint density at radius 3 is 2.56 bits per heavy atom. The van der Waals surface area contributed by atoms with Gasteiger partial charge in [0.25, 0.3) is 0 Å². The number of hydrogen-bond donors (Lipinski definition) is 0. The quantitative estimate of drug-likeness (QED) is 0.643. The Bertz CT molecular complexity index is 597. The molecule has 0 unspecified atom stereocenters. The smallest absolute Gasteiger partial charge is 0.185 e. The molecular formula is C14H13BrN2O. The van der Waals surface area contributed by atoms with Gasteiger partial charge in [0.15, 0.2) is 5.78 Å². The number of rotatable bonds is 3. The van der Waals surface area contributed by atoms with E-state index in [1.54, 1.807) is 29.0 Å². The van der Waals surface area contributed by atoms with E-state index in [4.69, 9.17) is 0 Å². The summed E-state index contributed by atoms with van der Waals surface area (Å²) >= 11 is 3.34. The Kier molecular flexibility index (Phi) is 3.77. The monoisotopic (exact) mass is 304 g/mol. The predicted molar refractivity (Wildman–Crippen MR) is 75.5 cm³/mol. The normalized spacial score (nSPS) is 11.1. The molecule has 0 N–H and O–H groups in total. The van der Waals surface area contributed by atoms with E-state index >= 15 is 0 Å². The number of aryl methyl sites for hydroxylation is 2. The summed E-state index contributed by atoms with van der Waals surface area (Å²) in [5.74, 6) is -0.0126. The third-order valence-electron chi connectivity index (χ3n) is 2.57. The molecule has 0 aliphatic carbocycles. The summed E-state index contributed by atoms with van der Waals surface area (Å²) in [5.41, 5.74) is 2.53. The summed E-state index contributed by atoms with van der Waals surface area (Å²) in [6.45, 7) is 1.92. The van der Waals surface area contributed by atoms with Crippen LogP contribution in [0.15, 0.2) is 40.9 Å². The van der Waals surface area contributed by atoms with Gasteiger partial charge in [0, 0.05) is 17.1 Å². The highest BCUT2D eigenvalue weighted by Crippen LogP contribution is 2.12. The van der Waals surface area contributed by atoms with E-state index < -0.39 is 0 Å². The summed E-state index contributed by atoms with van der Waals surface area (Å²) in [6.07, 6.45) is 3.35. The van der Waals surface area contributed by atoms with Crippen molar-refractivity contribution in [2.24, 2.45) is 7.05 Å². The highest BCUT2D eigenvalue weighted by molar-refractivity contribution is 9.10. The molecule has 1 aromatic heterocycles. The molecule has 18 heavy (non-hydrogen) atoms. The first-order valence-electron chi connectivity index (χ1n) is 5.55. The first-order valence-corrected chi connectivity index (χ1v) is 6.34. The molecule has 0 spiro atoms. The summed E-state index contributed by atoms with van der Waals surface area (Å²) in [5, 5.41) is 4.22. The van der Waals surface area contributed by atoms with Crippen LogP contribution in [0.25, 0.3) is 6.08 Å². The van der Waals surface area contributed by atoms with E-state index in [1.165, 1.54) is 0 Å². The average molecular weight is 305 g/mol. The molecular weight excluding hydrogens is 292 g/mol. The predicted octanol–water partition coefficient (Wildman–Crippen LogP) is 3.39. The fourth-order valence-corrected chi connectivity index (χ4v) is 1.92. The van der Waals surface area contributed by atoms with Crippen LogP contribution < -0.4 is 0 Å². The molecule has 1 heterocycles. The Labute approximate surface area is 114 Å². The number of allylic oxidation sites excluding steroid dienone is 1. The molecule has 0 radical (unpaired) electrons. The van der Waals surface area contributed by atoms with Gasteiger partial charge in [-0.05, 0) is 49.4 Å². The van der Waals surface area contributed by atoms with Crippen LogP contribution in [0.5, 0.6) is 0 Å². The van der Waals surface area contributed by atoms with Crippen molar-refractivity contribution in [3.63, 3.8) is 0 Å². The maximum absolute atomic E-state index is 11.9. The SMILES string of the molecule is Cc1cc(/C=C/C(=O)c2ccc(Br)cc2)n(C)n1. The number of ketones is 1. The van der Waals surface area contributed by atoms with Crippen LogP contribution in [0.2, 0.25) is 0 Å². The molecule has 0 bridgehead atoms. The Hall–Kier alpha value is -1.68. The van der Waals surface area contributed by atoms with E-state index in [0.717, 1.165) is 15.9 Å². The number of aromatic nitrogens is 2. The zero-order valence-corrected chi connectivity index (χ0v) is 11.8. The second-order valence-corrected chi connectivity index (χ2v) is 4.95. The number of carbonyl (C=O) groups excluding carboxylic acids is 1. The lowest BCUT2D eigenvalue weighted by Gasteiger charge is -1.96. The van der Waals surface area contributed by atoms with Crippen LogP contribution in [0, 0.1) is 6.92 Å². The summed E-state index contributed by atoms with van der Waals surface area (Å²) in [6, 6.07) is 9.24. The van der Waals surface area contributed by atoms with Gasteiger partial charge in [-0.15, -0.1) is 0 Å². The molecule has 92 valence electrons. The van der Waals surface area contributed by atoms with Gasteiger partial charge in [-0.25, -0.2) is 0 Å². The van der Waals surface area contributed by atoms with Crippen molar-refractivity contribution in [2.75, 3.05) is 0 Å². The summed E-state index contributed by atoms with van der Waals surface area (Å²) in [7, 11) is 1.86. The molecule has 3 nitrogen and oxygen atoms in total. The molecule has 0 atom stereocenters. The van der Waals surface area contributed by atoms with E-state index in [-0.39, 0.29) is 5.78 Å². The van der Waals surface area contributed by atoms with Crippen LogP contribution in [-0.2, 0) is 7.05 Å². The maximum Gasteiger partial charge on any atom is 0.185 e. The molecule has 0 saturated carbocycles. The lowest BCUT2D eigenvalue weighted by atomic mass is 10.1. The third kappa shape index (κ3) is 2.96. The molecule has 4 heteroatoms. The van der Waals surface area contributed by atoms with Crippen molar-refractivity contribution < 1.29 is 4.79 Å². The van der Waals surface area contributed by atoms with Crippen molar-refractivity contribution >= 4 is 27.8 Å². The van der Waals surface area contributed by atoms with Crippen molar-refractivity contribution in [1.82, 2.24) is 9.78 Å². The molecule has 0 aliphatic heterocycles. The lowest BCUT2D eigenvalue weighted by molar-refractivity contribution is 0.104. The van der Waals surface area contributed by atoms with Crippen molar-refractivity contribution in [2.45, 2.75) is 6.92 Å². The molecule has 0 saturated heterocycles. The average Bonchev–Trinajstić information content (AvgIpc) is 2.66. The van der Waals surface area contributed by atoms with Gasteiger partial charge in [0.1, 0.15) is 0 Å². The van der Waals surface area contributed by atoms with Crippen LogP contribution in [0.4, 0.5) is 0 Å². The van der Waals surface area contributed by atoms with Gasteiger partial charge in [-0.3, -0.25) is 9.48 Å². The van der Waals surface area contributed by atoms with Crippen molar-refractivity contribution in [3.8, 4) is 0 Å². The molecule has 0 aliphatic rings. The second-order valence-electron chi connectivity index (χ2n) is 4.04. The van der Waals surface area contributed by atoms with E-state index in [2.05, 4.69) is 21.0 Å². The summed E-state index contributed by atoms with van der Waals surface area (Å²) in [4.78, 5) is 11.9. The van der Waals surface area contributed by atoms with Crippen LogP contribution in [-0.4, -0.2) is 15.6 Å². The van der Waals surface area contributed by atoms with E-state index in [0.29, 0.717) is 5.56 Å². The zero-order chi connectivity index (χ0) is 13.1. The van der Waals surface area contributed by atoms with Gasteiger partial charge in [0.05, 0.1) is 11.4 Å². The maximum atomic E-state index is 11.9. The molecule has 1 aromatic carbocycles. The first-order chi connectivity index (χ1) is 8.56. The van der Waals surface area contributed by atoms with Crippen molar-refractivity contribution in [3.05, 3.63) is 57.8 Å². The number of nitrogens with zero attached hydrogens (tertiary/aromatic N) is 2. The van der Waals surface area contributed by atoms with Gasteiger partial charge in [0.2, 0.25) is 0 Å². The minimum atomic E-state index is -0.0126. The van der Waals surface area contributed by atoms with Gasteiger partial charge in [-0.2, -0.15) is 5.10 Å². The minimum absolute atomic E-state index is 0.0126. The van der Waals surface area contributed by atoms with Crippen LogP contribution >= 0.6 is 15.9 Å². The van der Waals surface area contributed by atoms with Crippen LogP contribution in [0.3, 0.4) is 0 Å². The van der Waals surface area contributed by atoms with Gasteiger partial charge in [-0.1, -0.05) is 15.9 Å². The van der Waals surface area contributed by atoms with Crippen LogP contribution in [0.1, 0.15) is 21.7 Å². The molecule has 2 rings (SSSR count). The van der Waals surface area contributed by atoms with Gasteiger partial charge < -0.3 is 0 Å². The standard InChI is InChI=1S/C14H13BrN2O/c1-10-9-13(17(2)16-10)7-8-14(18)11-3-5-12(15)6-4-11/h3-9H,1-2H3/b8-7+. The first kappa shape index (κ1) is 12.8. The van der Waals surface area contributed by atoms with E-state index in [9.17, 15) is 4.79 Å². The lowest BCUT2D eigenvalue weighted by Crippen LogP contribution is -1.96. The second kappa shape index (κ2) is 5.31. The van der Waals surface area contributed by atoms with Crippen molar-refractivity contribution in [1.29, 1.82) is 0 Å². The Balaban J connectivity index is 2.16. The third-order valence-corrected chi connectivity index (χ3v) is 3.10. The largest absolute Gasteiger partial charge is 0.289 e. The molecule has 0 amide bonds. The Morgan fingerprint density at radius 2 is 2.00 bits per heavy atom. The number of carbonyl (C=O) groups is 1. The van der Waals surface area contributed by atoms with E-state index in [1.807, 2.05) is 32.2 Å². The fourth-order valence-electron chi connectivity index (χ4n) is 1.66. The number of halogens is 1. The zero-order valence-electron chi connectivity index (χ0n) is 10.2. The number of hydrogen-bond acceptors (Lipinski definition) is 2.